The number of H-pyrrole nitrogens is 1. The van der Waals surface area contributed by atoms with Gasteiger partial charge in [0.2, 0.25) is 0 Å². The molecule has 1 fully saturated rings. The number of hydrogen-bond acceptors (Lipinski definition) is 2. The Labute approximate surface area is 106 Å². The lowest BCUT2D eigenvalue weighted by atomic mass is 10.1. The monoisotopic (exact) mass is 243 g/mol. The molecule has 3 rings (SSSR count). The van der Waals surface area contributed by atoms with Gasteiger partial charge >= 0.3 is 0 Å². The van der Waals surface area contributed by atoms with E-state index in [4.69, 9.17) is 5.73 Å². The number of likely N-dealkylation sites (tertiary alicyclic amines) is 1. The first-order valence-electron chi connectivity index (χ1n) is 6.36. The summed E-state index contributed by atoms with van der Waals surface area (Å²) in [6.45, 7) is 1.52. The lowest BCUT2D eigenvalue weighted by Crippen LogP contribution is -2.42. The summed E-state index contributed by atoms with van der Waals surface area (Å²) in [5.74, 6) is 0.0816. The van der Waals surface area contributed by atoms with Crippen LogP contribution in [0, 0.1) is 0 Å². The lowest BCUT2D eigenvalue weighted by Gasteiger charge is -2.29. The van der Waals surface area contributed by atoms with Gasteiger partial charge in [0.1, 0.15) is 5.69 Å². The van der Waals surface area contributed by atoms with Crippen molar-refractivity contribution in [2.45, 2.75) is 18.9 Å². The number of rotatable bonds is 1. The molecule has 0 radical (unpaired) electrons. The molecule has 1 aliphatic heterocycles. The molecule has 2 aromatic rings. The van der Waals surface area contributed by atoms with Crippen LogP contribution in [0.3, 0.4) is 0 Å². The zero-order valence-corrected chi connectivity index (χ0v) is 10.2. The number of aromatic amines is 1. The van der Waals surface area contributed by atoms with Crippen molar-refractivity contribution in [1.82, 2.24) is 9.88 Å². The summed E-state index contributed by atoms with van der Waals surface area (Å²) in [6, 6.07) is 10.1. The van der Waals surface area contributed by atoms with Crippen molar-refractivity contribution in [1.29, 1.82) is 0 Å². The Kier molecular flexibility index (Phi) is 2.80. The van der Waals surface area contributed by atoms with Crippen LogP contribution in [-0.2, 0) is 0 Å². The average molecular weight is 243 g/mol. The number of nitrogens with zero attached hydrogens (tertiary/aromatic N) is 1. The van der Waals surface area contributed by atoms with Gasteiger partial charge in [0.25, 0.3) is 5.91 Å². The fourth-order valence-electron chi connectivity index (χ4n) is 2.46. The van der Waals surface area contributed by atoms with Crippen LogP contribution in [-0.4, -0.2) is 34.9 Å². The van der Waals surface area contributed by atoms with E-state index >= 15 is 0 Å². The van der Waals surface area contributed by atoms with Gasteiger partial charge in [-0.25, -0.2) is 0 Å². The van der Waals surface area contributed by atoms with Crippen LogP contribution in [0.25, 0.3) is 10.9 Å². The van der Waals surface area contributed by atoms with E-state index in [0.717, 1.165) is 36.8 Å². The molecule has 0 bridgehead atoms. The van der Waals surface area contributed by atoms with E-state index in [-0.39, 0.29) is 11.9 Å². The summed E-state index contributed by atoms with van der Waals surface area (Å²) in [7, 11) is 0. The second-order valence-corrected chi connectivity index (χ2v) is 4.90. The molecule has 0 atom stereocenters. The third-order valence-corrected chi connectivity index (χ3v) is 3.59. The molecule has 1 aromatic heterocycles. The topological polar surface area (TPSA) is 62.1 Å². The molecule has 1 saturated heterocycles. The van der Waals surface area contributed by atoms with E-state index in [1.54, 1.807) is 0 Å². The average Bonchev–Trinajstić information content (AvgIpc) is 2.82. The number of nitrogens with one attached hydrogen (secondary N) is 1. The molecule has 4 heteroatoms. The number of piperidine rings is 1. The van der Waals surface area contributed by atoms with Crippen molar-refractivity contribution in [3.8, 4) is 0 Å². The Morgan fingerprint density at radius 3 is 2.72 bits per heavy atom. The highest BCUT2D eigenvalue weighted by molar-refractivity contribution is 5.98. The van der Waals surface area contributed by atoms with Crippen LogP contribution in [0.2, 0.25) is 0 Å². The van der Waals surface area contributed by atoms with Gasteiger partial charge in [-0.15, -0.1) is 0 Å². The molecule has 0 saturated carbocycles. The number of nitrogens with two attached hydrogens (primary N) is 1. The van der Waals surface area contributed by atoms with E-state index in [2.05, 4.69) is 4.98 Å². The minimum absolute atomic E-state index is 0.0816. The van der Waals surface area contributed by atoms with E-state index in [9.17, 15) is 4.79 Å². The number of carbonyl (C=O) groups excluding carboxylic acids is 1. The van der Waals surface area contributed by atoms with Crippen LogP contribution < -0.4 is 5.73 Å². The molecule has 2 heterocycles. The van der Waals surface area contributed by atoms with Gasteiger partial charge in [0.15, 0.2) is 0 Å². The normalized spacial score (nSPS) is 17.3. The van der Waals surface area contributed by atoms with E-state index in [0.29, 0.717) is 5.69 Å². The third-order valence-electron chi connectivity index (χ3n) is 3.59. The second-order valence-electron chi connectivity index (χ2n) is 4.90. The molecule has 0 aliphatic carbocycles. The Bertz CT molecular complexity index is 534. The molecule has 1 aromatic carbocycles. The first-order valence-corrected chi connectivity index (χ1v) is 6.36. The van der Waals surface area contributed by atoms with Crippen molar-refractivity contribution < 1.29 is 4.79 Å². The highest BCUT2D eigenvalue weighted by Crippen LogP contribution is 2.17. The molecule has 1 aliphatic rings. The predicted molar refractivity (Wildman–Crippen MR) is 71.4 cm³/mol. The van der Waals surface area contributed by atoms with Crippen LogP contribution in [0.15, 0.2) is 30.3 Å². The molecular formula is C14H17N3O. The zero-order chi connectivity index (χ0) is 12.5. The van der Waals surface area contributed by atoms with Gasteiger partial charge in [-0.2, -0.15) is 0 Å². The van der Waals surface area contributed by atoms with E-state index < -0.39 is 0 Å². The Balaban J connectivity index is 1.83. The maximum Gasteiger partial charge on any atom is 0.270 e. The number of amides is 1. The minimum Gasteiger partial charge on any atom is -0.351 e. The van der Waals surface area contributed by atoms with Gasteiger partial charge < -0.3 is 15.6 Å². The van der Waals surface area contributed by atoms with Crippen LogP contribution in [0.5, 0.6) is 0 Å². The summed E-state index contributed by atoms with van der Waals surface area (Å²) in [5, 5.41) is 1.08. The Morgan fingerprint density at radius 2 is 2.00 bits per heavy atom. The maximum absolute atomic E-state index is 12.3. The van der Waals surface area contributed by atoms with Gasteiger partial charge in [-0.05, 0) is 25.0 Å². The minimum atomic E-state index is 0.0816. The maximum atomic E-state index is 12.3. The third kappa shape index (κ3) is 1.99. The fourth-order valence-corrected chi connectivity index (χ4v) is 2.46. The summed E-state index contributed by atoms with van der Waals surface area (Å²) >= 11 is 0. The summed E-state index contributed by atoms with van der Waals surface area (Å²) in [5.41, 5.74) is 7.53. The summed E-state index contributed by atoms with van der Waals surface area (Å²) in [6.07, 6.45) is 1.79. The molecular weight excluding hydrogens is 226 g/mol. The van der Waals surface area contributed by atoms with E-state index in [1.165, 1.54) is 0 Å². The summed E-state index contributed by atoms with van der Waals surface area (Å²) < 4.78 is 0. The Hall–Kier alpha value is -1.81. The largest absolute Gasteiger partial charge is 0.351 e. The van der Waals surface area contributed by atoms with Crippen molar-refractivity contribution in [3.63, 3.8) is 0 Å². The number of benzene rings is 1. The smallest absolute Gasteiger partial charge is 0.270 e. The molecule has 4 nitrogen and oxygen atoms in total. The standard InChI is InChI=1S/C14H17N3O/c15-11-5-7-17(8-6-11)14(18)13-9-10-3-1-2-4-12(10)16-13/h1-4,9,11,16H,5-8,15H2. The number of fused-ring (bicyclic) bond motifs is 1. The van der Waals surface area contributed by atoms with Gasteiger partial charge in [-0.1, -0.05) is 18.2 Å². The van der Waals surface area contributed by atoms with Crippen molar-refractivity contribution in [2.75, 3.05) is 13.1 Å². The highest BCUT2D eigenvalue weighted by atomic mass is 16.2. The lowest BCUT2D eigenvalue weighted by molar-refractivity contribution is 0.0710. The molecule has 0 unspecified atom stereocenters. The van der Waals surface area contributed by atoms with Crippen LogP contribution in [0.4, 0.5) is 0 Å². The van der Waals surface area contributed by atoms with Gasteiger partial charge in [-0.3, -0.25) is 4.79 Å². The van der Waals surface area contributed by atoms with Gasteiger partial charge in [0, 0.05) is 30.0 Å². The molecule has 1 amide bonds. The number of hydrogen-bond donors (Lipinski definition) is 2. The predicted octanol–water partition coefficient (Wildman–Crippen LogP) is 1.73. The van der Waals surface area contributed by atoms with E-state index in [1.807, 2.05) is 35.2 Å². The number of carbonyl (C=O) groups is 1. The number of para-hydroxylation sites is 1. The zero-order valence-electron chi connectivity index (χ0n) is 10.2. The second kappa shape index (κ2) is 4.46. The SMILES string of the molecule is NC1CCN(C(=O)c2cc3ccccc3[nH]2)CC1. The van der Waals surface area contributed by atoms with Crippen LogP contribution in [0.1, 0.15) is 23.3 Å². The summed E-state index contributed by atoms with van der Waals surface area (Å²) in [4.78, 5) is 17.4. The van der Waals surface area contributed by atoms with Crippen molar-refractivity contribution >= 4 is 16.8 Å². The molecule has 3 N–H and O–H groups in total. The van der Waals surface area contributed by atoms with Crippen molar-refractivity contribution in [3.05, 3.63) is 36.0 Å². The highest BCUT2D eigenvalue weighted by Gasteiger charge is 2.22. The first kappa shape index (κ1) is 11.3. The van der Waals surface area contributed by atoms with Crippen LogP contribution >= 0.6 is 0 Å². The quantitative estimate of drug-likeness (QED) is 0.801. The Morgan fingerprint density at radius 1 is 1.28 bits per heavy atom. The number of aromatic nitrogens is 1. The van der Waals surface area contributed by atoms with Crippen molar-refractivity contribution in [2.24, 2.45) is 5.73 Å². The van der Waals surface area contributed by atoms with Gasteiger partial charge in [0.05, 0.1) is 0 Å². The molecule has 94 valence electrons. The molecule has 18 heavy (non-hydrogen) atoms. The fraction of sp³-hybridized carbons (Fsp3) is 0.357. The molecule has 0 spiro atoms. The first-order chi connectivity index (χ1) is 8.74.